The molecule has 2 aliphatic rings. The first-order chi connectivity index (χ1) is 11.9. The molecule has 0 unspecified atom stereocenters. The molecule has 1 aliphatic carbocycles. The Morgan fingerprint density at radius 3 is 2.52 bits per heavy atom. The van der Waals surface area contributed by atoms with Crippen molar-refractivity contribution >= 4 is 17.8 Å². The van der Waals surface area contributed by atoms with Crippen LogP contribution >= 0.6 is 0 Å². The van der Waals surface area contributed by atoms with Gasteiger partial charge in [-0.25, -0.2) is 0 Å². The first-order valence-corrected chi connectivity index (χ1v) is 9.60. The second-order valence-electron chi connectivity index (χ2n) is 8.36. The predicted molar refractivity (Wildman–Crippen MR) is 102 cm³/mol. The average molecular weight is 339 g/mol. The van der Waals surface area contributed by atoms with Crippen molar-refractivity contribution in [3.8, 4) is 0 Å². The first kappa shape index (κ1) is 18.0. The number of aliphatic imine (C=N–C) groups is 1. The molecule has 1 saturated carbocycles. The molecule has 1 aromatic carbocycles. The maximum Gasteiger partial charge on any atom is 0.150 e. The predicted octanol–water partition coefficient (Wildman–Crippen LogP) is 4.86. The van der Waals surface area contributed by atoms with Crippen molar-refractivity contribution in [3.05, 3.63) is 34.4 Å². The summed E-state index contributed by atoms with van der Waals surface area (Å²) in [5, 5.41) is 0. The molecule has 0 spiro atoms. The molecule has 0 amide bonds. The number of hydrogen-bond acceptors (Lipinski definition) is 3. The van der Waals surface area contributed by atoms with Crippen molar-refractivity contribution in [1.29, 1.82) is 0 Å². The molecule has 1 fully saturated rings. The maximum absolute atomic E-state index is 12.9. The number of Topliss-reactive ketones (excluding diaryl/α,β-unsaturated/α-hetero) is 1. The molecule has 0 N–H and O–H groups in total. The monoisotopic (exact) mass is 339 g/mol. The van der Waals surface area contributed by atoms with Crippen LogP contribution in [-0.4, -0.2) is 23.3 Å². The van der Waals surface area contributed by atoms with E-state index in [2.05, 4.69) is 19.9 Å². The Kier molecular flexibility index (Phi) is 5.21. The minimum atomic E-state index is -0.193. The number of hydrogen-bond donors (Lipinski definition) is 0. The topological polar surface area (TPSA) is 46.5 Å². The first-order valence-electron chi connectivity index (χ1n) is 9.60. The van der Waals surface area contributed by atoms with Gasteiger partial charge in [0.1, 0.15) is 12.1 Å². The van der Waals surface area contributed by atoms with E-state index in [1.807, 2.05) is 13.0 Å². The van der Waals surface area contributed by atoms with Crippen LogP contribution in [0.2, 0.25) is 0 Å². The van der Waals surface area contributed by atoms with Crippen LogP contribution in [0.25, 0.3) is 0 Å². The van der Waals surface area contributed by atoms with E-state index in [1.54, 1.807) is 0 Å². The number of nitrogens with zero attached hydrogens (tertiary/aromatic N) is 1. The van der Waals surface area contributed by atoms with Crippen LogP contribution < -0.4 is 0 Å². The van der Waals surface area contributed by atoms with Gasteiger partial charge in [-0.1, -0.05) is 31.7 Å². The second-order valence-corrected chi connectivity index (χ2v) is 8.36. The maximum atomic E-state index is 12.9. The van der Waals surface area contributed by atoms with Crippen molar-refractivity contribution < 1.29 is 9.59 Å². The molecule has 0 atom stereocenters. The van der Waals surface area contributed by atoms with Gasteiger partial charge in [-0.05, 0) is 62.8 Å². The Hall–Kier alpha value is -1.77. The lowest BCUT2D eigenvalue weighted by atomic mass is 9.82. The van der Waals surface area contributed by atoms with Gasteiger partial charge in [0.15, 0.2) is 0 Å². The van der Waals surface area contributed by atoms with Crippen molar-refractivity contribution in [2.75, 3.05) is 0 Å². The minimum absolute atomic E-state index is 0.190. The zero-order valence-electron chi connectivity index (χ0n) is 15.7. The molecule has 3 rings (SSSR count). The Bertz CT molecular complexity index is 707. The summed E-state index contributed by atoms with van der Waals surface area (Å²) < 4.78 is 0. The van der Waals surface area contributed by atoms with Crippen LogP contribution in [0.5, 0.6) is 0 Å². The number of carbonyl (C=O) groups excluding carboxylic acids is 2. The summed E-state index contributed by atoms with van der Waals surface area (Å²) in [6.45, 7) is 6.21. The van der Waals surface area contributed by atoms with E-state index in [4.69, 9.17) is 4.99 Å². The van der Waals surface area contributed by atoms with E-state index in [-0.39, 0.29) is 11.5 Å². The molecule has 1 heterocycles. The smallest absolute Gasteiger partial charge is 0.150 e. The van der Waals surface area contributed by atoms with Crippen molar-refractivity contribution in [1.82, 2.24) is 0 Å². The van der Waals surface area contributed by atoms with Crippen LogP contribution in [0.15, 0.2) is 17.1 Å². The number of ketones is 1. The molecule has 3 nitrogen and oxygen atoms in total. The fourth-order valence-electron chi connectivity index (χ4n) is 4.30. The van der Waals surface area contributed by atoms with Gasteiger partial charge in [-0.3, -0.25) is 14.6 Å². The van der Waals surface area contributed by atoms with E-state index < -0.39 is 0 Å². The summed E-state index contributed by atoms with van der Waals surface area (Å²) in [6.07, 6.45) is 9.04. The van der Waals surface area contributed by atoms with Crippen LogP contribution in [0.4, 0.5) is 0 Å². The van der Waals surface area contributed by atoms with Crippen LogP contribution in [-0.2, 0) is 11.2 Å². The van der Waals surface area contributed by atoms with Gasteiger partial charge in [-0.15, -0.1) is 0 Å². The van der Waals surface area contributed by atoms with E-state index in [0.717, 1.165) is 42.4 Å². The van der Waals surface area contributed by atoms with Gasteiger partial charge in [0.25, 0.3) is 0 Å². The number of rotatable bonds is 4. The molecule has 0 bridgehead atoms. The molecule has 0 aromatic heterocycles. The summed E-state index contributed by atoms with van der Waals surface area (Å²) in [5.74, 6) is 0.521. The lowest BCUT2D eigenvalue weighted by Gasteiger charge is -2.30. The van der Waals surface area contributed by atoms with Crippen molar-refractivity contribution in [2.24, 2.45) is 10.9 Å². The van der Waals surface area contributed by atoms with Gasteiger partial charge < -0.3 is 0 Å². The Balaban J connectivity index is 1.90. The van der Waals surface area contributed by atoms with Crippen molar-refractivity contribution in [2.45, 2.75) is 77.7 Å². The number of aldehydes is 1. The molecule has 1 aromatic rings. The van der Waals surface area contributed by atoms with E-state index >= 15 is 0 Å². The Labute approximate surface area is 150 Å². The largest absolute Gasteiger partial charge is 0.299 e. The summed E-state index contributed by atoms with van der Waals surface area (Å²) in [5.41, 5.74) is 4.61. The van der Waals surface area contributed by atoms with Crippen LogP contribution in [0, 0.1) is 12.8 Å². The van der Waals surface area contributed by atoms with Gasteiger partial charge in [0, 0.05) is 17.9 Å². The highest BCUT2D eigenvalue weighted by Gasteiger charge is 2.30. The molecular formula is C22H29NO2. The van der Waals surface area contributed by atoms with E-state index in [9.17, 15) is 9.59 Å². The molecule has 0 saturated heterocycles. The quantitative estimate of drug-likeness (QED) is 0.581. The van der Waals surface area contributed by atoms with Crippen LogP contribution in [0.3, 0.4) is 0 Å². The molecule has 134 valence electrons. The highest BCUT2D eigenvalue weighted by Crippen LogP contribution is 2.31. The molecule has 1 aliphatic heterocycles. The molecule has 0 radical (unpaired) electrons. The lowest BCUT2D eigenvalue weighted by molar-refractivity contribution is -0.122. The van der Waals surface area contributed by atoms with E-state index in [0.29, 0.717) is 17.8 Å². The second kappa shape index (κ2) is 7.23. The van der Waals surface area contributed by atoms with E-state index in [1.165, 1.54) is 31.2 Å². The fourth-order valence-corrected chi connectivity index (χ4v) is 4.30. The molecular weight excluding hydrogens is 310 g/mol. The summed E-state index contributed by atoms with van der Waals surface area (Å²) >= 11 is 0. The SMILES string of the molecule is Cc1cc2c(cc1C=O)C(CC(=O)C1CCCCCC1)=NC(C)(C)C2. The van der Waals surface area contributed by atoms with Gasteiger partial charge in [0.2, 0.25) is 0 Å². The third kappa shape index (κ3) is 4.08. The normalized spacial score (nSPS) is 20.4. The summed E-state index contributed by atoms with van der Waals surface area (Å²) in [6, 6.07) is 4.04. The van der Waals surface area contributed by atoms with Gasteiger partial charge >= 0.3 is 0 Å². The fraction of sp³-hybridized carbons (Fsp3) is 0.591. The molecule has 3 heteroatoms. The van der Waals surface area contributed by atoms with Gasteiger partial charge in [0.05, 0.1) is 11.3 Å². The summed E-state index contributed by atoms with van der Waals surface area (Å²) in [7, 11) is 0. The lowest BCUT2D eigenvalue weighted by Crippen LogP contribution is -2.31. The summed E-state index contributed by atoms with van der Waals surface area (Å²) in [4.78, 5) is 29.2. The molecule has 25 heavy (non-hydrogen) atoms. The third-order valence-electron chi connectivity index (χ3n) is 5.64. The number of aryl methyl sites for hydroxylation is 1. The Morgan fingerprint density at radius 1 is 1.20 bits per heavy atom. The highest BCUT2D eigenvalue weighted by molar-refractivity contribution is 6.13. The van der Waals surface area contributed by atoms with Crippen LogP contribution in [0.1, 0.15) is 85.8 Å². The number of benzene rings is 1. The number of carbonyl (C=O) groups is 2. The Morgan fingerprint density at radius 2 is 1.88 bits per heavy atom. The van der Waals surface area contributed by atoms with Gasteiger partial charge in [-0.2, -0.15) is 0 Å². The zero-order chi connectivity index (χ0) is 18.0. The zero-order valence-corrected chi connectivity index (χ0v) is 15.7. The highest BCUT2D eigenvalue weighted by atomic mass is 16.1. The number of fused-ring (bicyclic) bond motifs is 1. The minimum Gasteiger partial charge on any atom is -0.299 e. The average Bonchev–Trinajstić information content (AvgIpc) is 2.82. The van der Waals surface area contributed by atoms with Crippen molar-refractivity contribution in [3.63, 3.8) is 0 Å². The standard InChI is InChI=1S/C22H29NO2/c1-15-10-17-13-22(2,3)23-20(19(17)11-18(15)14-24)12-21(25)16-8-6-4-5-7-9-16/h10-11,14,16H,4-9,12-13H2,1-3H3. The third-order valence-corrected chi connectivity index (χ3v) is 5.64.